The molecular weight excluding hydrogens is 268 g/mol. The van der Waals surface area contributed by atoms with E-state index in [1.54, 1.807) is 6.07 Å². The molecule has 0 fully saturated rings. The summed E-state index contributed by atoms with van der Waals surface area (Å²) in [6.07, 6.45) is -0.307. The van der Waals surface area contributed by atoms with E-state index in [-0.39, 0.29) is 18.0 Å². The largest absolute Gasteiger partial charge is 0.481 e. The fourth-order valence-electron chi connectivity index (χ4n) is 2.27. The van der Waals surface area contributed by atoms with Gasteiger partial charge >= 0.3 is 5.97 Å². The Kier molecular flexibility index (Phi) is 3.90. The molecule has 0 saturated carbocycles. The number of aromatic nitrogens is 1. The van der Waals surface area contributed by atoms with Gasteiger partial charge in [-0.1, -0.05) is 17.7 Å². The van der Waals surface area contributed by atoms with Crippen molar-refractivity contribution in [3.05, 3.63) is 58.4 Å². The summed E-state index contributed by atoms with van der Waals surface area (Å²) in [7, 11) is 0. The molecule has 0 radical (unpaired) electrons. The van der Waals surface area contributed by atoms with Crippen molar-refractivity contribution in [1.29, 1.82) is 5.26 Å². The molecule has 1 heterocycles. The van der Waals surface area contributed by atoms with Crippen molar-refractivity contribution in [2.24, 2.45) is 0 Å². The number of benzene rings is 1. The fraction of sp³-hybridized carbons (Fsp3) is 0.188. The van der Waals surface area contributed by atoms with Gasteiger partial charge in [0, 0.05) is 11.3 Å². The summed E-state index contributed by atoms with van der Waals surface area (Å²) in [5, 5.41) is 18.0. The minimum Gasteiger partial charge on any atom is -0.481 e. The van der Waals surface area contributed by atoms with Gasteiger partial charge in [-0.15, -0.1) is 0 Å². The average molecular weight is 282 g/mol. The predicted molar refractivity (Wildman–Crippen MR) is 76.1 cm³/mol. The lowest BCUT2D eigenvalue weighted by Crippen LogP contribution is -2.19. The summed E-state index contributed by atoms with van der Waals surface area (Å²) in [6, 6.07) is 10.3. The number of carboxylic acids is 1. The molecule has 0 amide bonds. The van der Waals surface area contributed by atoms with E-state index in [0.717, 1.165) is 11.1 Å². The second kappa shape index (κ2) is 5.63. The summed E-state index contributed by atoms with van der Waals surface area (Å²) in [5.41, 5.74) is 2.71. The zero-order valence-electron chi connectivity index (χ0n) is 11.8. The number of nitriles is 1. The minimum absolute atomic E-state index is 0.135. The van der Waals surface area contributed by atoms with Crippen molar-refractivity contribution in [2.45, 2.75) is 20.3 Å². The summed E-state index contributed by atoms with van der Waals surface area (Å²) in [6.45, 7) is 3.74. The van der Waals surface area contributed by atoms with E-state index in [9.17, 15) is 9.59 Å². The Morgan fingerprint density at radius 2 is 1.95 bits per heavy atom. The van der Waals surface area contributed by atoms with E-state index >= 15 is 0 Å². The summed E-state index contributed by atoms with van der Waals surface area (Å²) in [5.74, 6) is -1.43. The molecule has 0 aliphatic heterocycles. The maximum Gasteiger partial charge on any atom is 0.309 e. The van der Waals surface area contributed by atoms with Crippen molar-refractivity contribution in [3.63, 3.8) is 0 Å². The van der Waals surface area contributed by atoms with Gasteiger partial charge in [0.1, 0.15) is 11.8 Å². The molecule has 21 heavy (non-hydrogen) atoms. The molecule has 106 valence electrons. The normalized spacial score (nSPS) is 10.1. The highest BCUT2D eigenvalue weighted by molar-refractivity contribution is 5.99. The number of aryl methyl sites for hydroxylation is 2. The molecule has 0 unspecified atom stereocenters. The third kappa shape index (κ3) is 2.84. The number of hydrogen-bond acceptors (Lipinski definition) is 3. The number of rotatable bonds is 3. The first-order valence-corrected chi connectivity index (χ1v) is 6.38. The SMILES string of the molecule is Cc1ccc(C(=O)n2c(C#N)ccc2CC(=O)O)c(C)c1. The smallest absolute Gasteiger partial charge is 0.309 e. The quantitative estimate of drug-likeness (QED) is 0.936. The van der Waals surface area contributed by atoms with Crippen LogP contribution in [-0.2, 0) is 11.2 Å². The summed E-state index contributed by atoms with van der Waals surface area (Å²) in [4.78, 5) is 23.5. The number of carbonyl (C=O) groups is 2. The maximum absolute atomic E-state index is 12.6. The lowest BCUT2D eigenvalue weighted by Gasteiger charge is -2.10. The maximum atomic E-state index is 12.6. The predicted octanol–water partition coefficient (Wildman–Crippen LogP) is 2.29. The van der Waals surface area contributed by atoms with Crippen LogP contribution < -0.4 is 0 Å². The highest BCUT2D eigenvalue weighted by atomic mass is 16.4. The van der Waals surface area contributed by atoms with E-state index in [4.69, 9.17) is 10.4 Å². The molecule has 2 aromatic rings. The van der Waals surface area contributed by atoms with Crippen molar-refractivity contribution >= 4 is 11.9 Å². The third-order valence-electron chi connectivity index (χ3n) is 3.22. The second-order valence-electron chi connectivity index (χ2n) is 4.85. The molecule has 0 atom stereocenters. The fourth-order valence-corrected chi connectivity index (χ4v) is 2.27. The molecule has 1 N–H and O–H groups in total. The Labute approximate surface area is 122 Å². The highest BCUT2D eigenvalue weighted by Gasteiger charge is 2.19. The Morgan fingerprint density at radius 1 is 1.24 bits per heavy atom. The lowest BCUT2D eigenvalue weighted by molar-refractivity contribution is -0.136. The van der Waals surface area contributed by atoms with Crippen molar-refractivity contribution in [1.82, 2.24) is 4.57 Å². The van der Waals surface area contributed by atoms with Crippen LogP contribution in [0.3, 0.4) is 0 Å². The standard InChI is InChI=1S/C16H14N2O3/c1-10-3-6-14(11(2)7-10)16(21)18-12(8-15(19)20)4-5-13(18)9-17/h3-7H,8H2,1-2H3,(H,19,20). The molecule has 2 rings (SSSR count). The number of carbonyl (C=O) groups excluding carboxylic acids is 1. The Morgan fingerprint density at radius 3 is 2.52 bits per heavy atom. The molecule has 0 aliphatic carbocycles. The van der Waals surface area contributed by atoms with E-state index in [0.29, 0.717) is 11.3 Å². The van der Waals surface area contributed by atoms with Crippen LogP contribution in [0.2, 0.25) is 0 Å². The minimum atomic E-state index is -1.05. The molecule has 0 saturated heterocycles. The number of aliphatic carboxylic acids is 1. The zero-order valence-corrected chi connectivity index (χ0v) is 11.8. The first kappa shape index (κ1) is 14.5. The second-order valence-corrected chi connectivity index (χ2v) is 4.85. The van der Waals surface area contributed by atoms with Gasteiger partial charge in [0.25, 0.3) is 5.91 Å². The van der Waals surface area contributed by atoms with E-state index in [2.05, 4.69) is 0 Å². The zero-order chi connectivity index (χ0) is 15.6. The van der Waals surface area contributed by atoms with Crippen LogP contribution in [0.15, 0.2) is 30.3 Å². The van der Waals surface area contributed by atoms with Crippen LogP contribution in [0, 0.1) is 25.2 Å². The third-order valence-corrected chi connectivity index (χ3v) is 3.22. The van der Waals surface area contributed by atoms with Crippen LogP contribution in [-0.4, -0.2) is 21.6 Å². The highest BCUT2D eigenvalue weighted by Crippen LogP contribution is 2.17. The van der Waals surface area contributed by atoms with E-state index in [1.165, 1.54) is 16.7 Å². The summed E-state index contributed by atoms with van der Waals surface area (Å²) < 4.78 is 1.17. The monoisotopic (exact) mass is 282 g/mol. The molecule has 5 nitrogen and oxygen atoms in total. The molecule has 1 aromatic carbocycles. The van der Waals surface area contributed by atoms with Crippen LogP contribution >= 0.6 is 0 Å². The van der Waals surface area contributed by atoms with Gasteiger partial charge in [0.2, 0.25) is 0 Å². The van der Waals surface area contributed by atoms with Crippen molar-refractivity contribution in [2.75, 3.05) is 0 Å². The van der Waals surface area contributed by atoms with Gasteiger partial charge in [-0.25, -0.2) is 0 Å². The van der Waals surface area contributed by atoms with E-state index in [1.807, 2.05) is 32.0 Å². The van der Waals surface area contributed by atoms with Crippen LogP contribution in [0.25, 0.3) is 0 Å². The van der Waals surface area contributed by atoms with Gasteiger partial charge < -0.3 is 5.11 Å². The number of carboxylic acid groups (broad SMARTS) is 1. The first-order valence-electron chi connectivity index (χ1n) is 6.38. The van der Waals surface area contributed by atoms with Crippen LogP contribution in [0.1, 0.15) is 32.9 Å². The van der Waals surface area contributed by atoms with Gasteiger partial charge in [-0.3, -0.25) is 14.2 Å². The molecular formula is C16H14N2O3. The van der Waals surface area contributed by atoms with E-state index < -0.39 is 5.97 Å². The Bertz CT molecular complexity index is 766. The van der Waals surface area contributed by atoms with Crippen molar-refractivity contribution in [3.8, 4) is 6.07 Å². The molecule has 0 aliphatic rings. The average Bonchev–Trinajstić information content (AvgIpc) is 2.80. The molecule has 5 heteroatoms. The Hall–Kier alpha value is -2.87. The number of nitrogens with zero attached hydrogens (tertiary/aromatic N) is 2. The lowest BCUT2D eigenvalue weighted by atomic mass is 10.0. The topological polar surface area (TPSA) is 83.1 Å². The van der Waals surface area contributed by atoms with Gasteiger partial charge in [-0.2, -0.15) is 5.26 Å². The molecule has 1 aromatic heterocycles. The van der Waals surface area contributed by atoms with Gasteiger partial charge in [0.05, 0.1) is 6.42 Å². The van der Waals surface area contributed by atoms with Crippen molar-refractivity contribution < 1.29 is 14.7 Å². The van der Waals surface area contributed by atoms with Gasteiger partial charge in [0.15, 0.2) is 0 Å². The molecule has 0 bridgehead atoms. The first-order chi connectivity index (χ1) is 9.93. The van der Waals surface area contributed by atoms with Crippen LogP contribution in [0.4, 0.5) is 0 Å². The number of hydrogen-bond donors (Lipinski definition) is 1. The Balaban J connectivity index is 2.54. The van der Waals surface area contributed by atoms with Gasteiger partial charge in [-0.05, 0) is 37.6 Å². The van der Waals surface area contributed by atoms with Crippen LogP contribution in [0.5, 0.6) is 0 Å². The summed E-state index contributed by atoms with van der Waals surface area (Å²) >= 11 is 0. The molecule has 0 spiro atoms.